The van der Waals surface area contributed by atoms with Crippen molar-refractivity contribution in [3.05, 3.63) is 23.5 Å². The second kappa shape index (κ2) is 7.54. The van der Waals surface area contributed by atoms with Crippen LogP contribution in [0, 0.1) is 6.92 Å². The number of hydrogen-bond acceptors (Lipinski definition) is 4. The van der Waals surface area contributed by atoms with Crippen LogP contribution in [0.1, 0.15) is 48.8 Å². The maximum atomic E-state index is 12.5. The summed E-state index contributed by atoms with van der Waals surface area (Å²) in [5.41, 5.74) is 1.21. The lowest BCUT2D eigenvalue weighted by molar-refractivity contribution is -0.140. The Kier molecular flexibility index (Phi) is 5.66. The van der Waals surface area contributed by atoms with Crippen LogP contribution in [-0.4, -0.2) is 44.2 Å². The van der Waals surface area contributed by atoms with Crippen LogP contribution in [0.15, 0.2) is 12.3 Å². The normalized spacial score (nSPS) is 13.8. The second-order valence-electron chi connectivity index (χ2n) is 5.89. The minimum absolute atomic E-state index is 0.0633. The standard InChI is InChI=1S/C16H20F2N4O3/c1-4-9(3)22-14-11(7-19-22)10(5-8(2)20-14)15(23)21-12(16(24)25)6-13(17)18/h5,7,9,12-13H,4,6H2,1-3H3,(H,21,23)(H,24,25). The zero-order valence-corrected chi connectivity index (χ0v) is 14.2. The van der Waals surface area contributed by atoms with Gasteiger partial charge in [0.1, 0.15) is 6.04 Å². The number of carbonyl (C=O) groups is 2. The monoisotopic (exact) mass is 354 g/mol. The molecule has 136 valence electrons. The summed E-state index contributed by atoms with van der Waals surface area (Å²) in [6.07, 6.45) is -1.51. The third kappa shape index (κ3) is 4.09. The number of aromatic nitrogens is 3. The van der Waals surface area contributed by atoms with Gasteiger partial charge in [-0.15, -0.1) is 0 Å². The van der Waals surface area contributed by atoms with Crippen molar-refractivity contribution in [2.24, 2.45) is 0 Å². The summed E-state index contributed by atoms with van der Waals surface area (Å²) in [4.78, 5) is 28.0. The van der Waals surface area contributed by atoms with E-state index in [2.05, 4.69) is 15.4 Å². The molecule has 0 aromatic carbocycles. The Hall–Kier alpha value is -2.58. The first-order chi connectivity index (χ1) is 11.7. The van der Waals surface area contributed by atoms with E-state index in [9.17, 15) is 18.4 Å². The van der Waals surface area contributed by atoms with Crippen LogP contribution >= 0.6 is 0 Å². The van der Waals surface area contributed by atoms with E-state index in [1.54, 1.807) is 11.6 Å². The minimum atomic E-state index is -2.84. The average Bonchev–Trinajstić information content (AvgIpc) is 2.95. The Balaban J connectivity index is 2.41. The van der Waals surface area contributed by atoms with Crippen molar-refractivity contribution < 1.29 is 23.5 Å². The Morgan fingerprint density at radius 1 is 1.40 bits per heavy atom. The number of hydrogen-bond donors (Lipinski definition) is 2. The molecule has 2 unspecified atom stereocenters. The number of nitrogens with one attached hydrogen (secondary N) is 1. The summed E-state index contributed by atoms with van der Waals surface area (Å²) >= 11 is 0. The zero-order valence-electron chi connectivity index (χ0n) is 14.2. The number of rotatable bonds is 7. The van der Waals surface area contributed by atoms with Gasteiger partial charge in [0.05, 0.1) is 23.2 Å². The zero-order chi connectivity index (χ0) is 18.7. The van der Waals surface area contributed by atoms with Crippen LogP contribution < -0.4 is 5.32 Å². The molecule has 2 aromatic heterocycles. The minimum Gasteiger partial charge on any atom is -0.480 e. The van der Waals surface area contributed by atoms with Gasteiger partial charge in [-0.2, -0.15) is 5.10 Å². The van der Waals surface area contributed by atoms with Gasteiger partial charge in [0.25, 0.3) is 5.91 Å². The van der Waals surface area contributed by atoms with E-state index in [0.717, 1.165) is 6.42 Å². The SMILES string of the molecule is CCC(C)n1ncc2c(C(=O)NC(CC(F)F)C(=O)O)cc(C)nc21. The van der Waals surface area contributed by atoms with Crippen molar-refractivity contribution in [1.29, 1.82) is 0 Å². The van der Waals surface area contributed by atoms with Gasteiger partial charge in [-0.25, -0.2) is 23.2 Å². The second-order valence-corrected chi connectivity index (χ2v) is 5.89. The Bertz CT molecular complexity index is 791. The highest BCUT2D eigenvalue weighted by molar-refractivity contribution is 6.06. The first-order valence-electron chi connectivity index (χ1n) is 7.91. The molecule has 0 saturated carbocycles. The molecule has 7 nitrogen and oxygen atoms in total. The lowest BCUT2D eigenvalue weighted by atomic mass is 10.1. The molecule has 0 aliphatic heterocycles. The van der Waals surface area contributed by atoms with Crippen molar-refractivity contribution in [2.75, 3.05) is 0 Å². The number of fused-ring (bicyclic) bond motifs is 1. The van der Waals surface area contributed by atoms with Gasteiger partial charge in [0.2, 0.25) is 6.43 Å². The van der Waals surface area contributed by atoms with Crippen molar-refractivity contribution in [1.82, 2.24) is 20.1 Å². The molecule has 2 atom stereocenters. The van der Waals surface area contributed by atoms with Gasteiger partial charge >= 0.3 is 5.97 Å². The van der Waals surface area contributed by atoms with Crippen LogP contribution in [0.4, 0.5) is 8.78 Å². The highest BCUT2D eigenvalue weighted by Gasteiger charge is 2.26. The summed E-state index contributed by atoms with van der Waals surface area (Å²) in [5, 5.41) is 15.9. The summed E-state index contributed by atoms with van der Waals surface area (Å²) < 4.78 is 26.7. The van der Waals surface area contributed by atoms with Gasteiger partial charge in [-0.1, -0.05) is 6.92 Å². The fourth-order valence-electron chi connectivity index (χ4n) is 2.46. The van der Waals surface area contributed by atoms with Gasteiger partial charge in [0.15, 0.2) is 5.65 Å². The third-order valence-corrected chi connectivity index (χ3v) is 3.97. The maximum absolute atomic E-state index is 12.5. The number of aryl methyl sites for hydroxylation is 1. The molecule has 0 fully saturated rings. The van der Waals surface area contributed by atoms with Crippen molar-refractivity contribution in [2.45, 2.75) is 52.1 Å². The quantitative estimate of drug-likeness (QED) is 0.796. The number of nitrogens with zero attached hydrogens (tertiary/aromatic N) is 3. The number of halogens is 2. The first kappa shape index (κ1) is 18.8. The molecule has 2 N–H and O–H groups in total. The average molecular weight is 354 g/mol. The molecule has 0 spiro atoms. The number of alkyl halides is 2. The number of carboxylic acids is 1. The van der Waals surface area contributed by atoms with Crippen LogP contribution in [0.3, 0.4) is 0 Å². The summed E-state index contributed by atoms with van der Waals surface area (Å²) in [6.45, 7) is 5.64. The van der Waals surface area contributed by atoms with E-state index in [1.165, 1.54) is 12.3 Å². The molecule has 2 rings (SSSR count). The van der Waals surface area contributed by atoms with Gasteiger partial charge in [0, 0.05) is 12.1 Å². The highest BCUT2D eigenvalue weighted by Crippen LogP contribution is 2.22. The predicted octanol–water partition coefficient (Wildman–Crippen LogP) is 2.55. The first-order valence-corrected chi connectivity index (χ1v) is 7.91. The van der Waals surface area contributed by atoms with Crippen LogP contribution in [-0.2, 0) is 4.79 Å². The van der Waals surface area contributed by atoms with Crippen molar-refractivity contribution in [3.8, 4) is 0 Å². The third-order valence-electron chi connectivity index (χ3n) is 3.97. The lowest BCUT2D eigenvalue weighted by Crippen LogP contribution is -2.42. The van der Waals surface area contributed by atoms with E-state index < -0.39 is 30.8 Å². The molecule has 0 aliphatic rings. The number of aliphatic carboxylic acids is 1. The van der Waals surface area contributed by atoms with Gasteiger partial charge < -0.3 is 10.4 Å². The molecule has 0 bridgehead atoms. The Morgan fingerprint density at radius 3 is 2.64 bits per heavy atom. The Morgan fingerprint density at radius 2 is 2.08 bits per heavy atom. The largest absolute Gasteiger partial charge is 0.480 e. The molecular formula is C16H20F2N4O3. The Labute approximate surface area is 143 Å². The smallest absolute Gasteiger partial charge is 0.326 e. The van der Waals surface area contributed by atoms with E-state index in [4.69, 9.17) is 5.11 Å². The molecule has 2 aromatic rings. The highest BCUT2D eigenvalue weighted by atomic mass is 19.3. The number of carboxylic acid groups (broad SMARTS) is 1. The van der Waals surface area contributed by atoms with E-state index >= 15 is 0 Å². The van der Waals surface area contributed by atoms with Gasteiger partial charge in [-0.3, -0.25) is 4.79 Å². The summed E-state index contributed by atoms with van der Waals surface area (Å²) in [5.74, 6) is -2.25. The molecule has 0 saturated heterocycles. The van der Waals surface area contributed by atoms with Crippen molar-refractivity contribution in [3.63, 3.8) is 0 Å². The van der Waals surface area contributed by atoms with Gasteiger partial charge in [-0.05, 0) is 26.3 Å². The molecular weight excluding hydrogens is 334 g/mol. The van der Waals surface area contributed by atoms with Crippen LogP contribution in [0.2, 0.25) is 0 Å². The molecule has 9 heteroatoms. The maximum Gasteiger partial charge on any atom is 0.326 e. The number of pyridine rings is 1. The van der Waals surface area contributed by atoms with Crippen LogP contribution in [0.5, 0.6) is 0 Å². The molecule has 25 heavy (non-hydrogen) atoms. The fraction of sp³-hybridized carbons (Fsp3) is 0.500. The number of amides is 1. The van der Waals surface area contributed by atoms with E-state index in [-0.39, 0.29) is 11.6 Å². The van der Waals surface area contributed by atoms with E-state index in [0.29, 0.717) is 16.7 Å². The topological polar surface area (TPSA) is 97.1 Å². The van der Waals surface area contributed by atoms with E-state index in [1.807, 2.05) is 13.8 Å². The fourth-order valence-corrected chi connectivity index (χ4v) is 2.46. The van der Waals surface area contributed by atoms with Crippen molar-refractivity contribution >= 4 is 22.9 Å². The molecule has 0 aliphatic carbocycles. The molecule has 0 radical (unpaired) electrons. The number of carbonyl (C=O) groups excluding carboxylic acids is 1. The van der Waals surface area contributed by atoms with Crippen LogP contribution in [0.25, 0.3) is 11.0 Å². The molecule has 2 heterocycles. The molecule has 1 amide bonds. The predicted molar refractivity (Wildman–Crippen MR) is 86.8 cm³/mol. The summed E-state index contributed by atoms with van der Waals surface area (Å²) in [6, 6.07) is -0.115. The lowest BCUT2D eigenvalue weighted by Gasteiger charge is -2.15. The summed E-state index contributed by atoms with van der Waals surface area (Å²) in [7, 11) is 0.